The van der Waals surface area contributed by atoms with Gasteiger partial charge >= 0.3 is 0 Å². The highest BCUT2D eigenvalue weighted by Gasteiger charge is 2.17. The highest BCUT2D eigenvalue weighted by Crippen LogP contribution is 2.38. The summed E-state index contributed by atoms with van der Waals surface area (Å²) in [5.41, 5.74) is 6.14. The van der Waals surface area contributed by atoms with E-state index in [0.717, 1.165) is 60.6 Å². The first kappa shape index (κ1) is 24.6. The van der Waals surface area contributed by atoms with E-state index in [9.17, 15) is 0 Å². The van der Waals surface area contributed by atoms with E-state index < -0.39 is 0 Å². The van der Waals surface area contributed by atoms with Crippen molar-refractivity contribution in [1.29, 1.82) is 0 Å². The molecule has 5 nitrogen and oxygen atoms in total. The van der Waals surface area contributed by atoms with Gasteiger partial charge in [0.2, 0.25) is 0 Å². The first-order valence-electron chi connectivity index (χ1n) is 14.8. The zero-order valence-corrected chi connectivity index (χ0v) is 24.5. The van der Waals surface area contributed by atoms with Crippen molar-refractivity contribution < 1.29 is 8.83 Å². The maximum Gasteiger partial charge on any atom is 0.164 e. The molecule has 0 aliphatic rings. The highest BCUT2D eigenvalue weighted by atomic mass is 32.1. The molecule has 0 radical (unpaired) electrons. The van der Waals surface area contributed by atoms with Crippen molar-refractivity contribution >= 4 is 75.4 Å². The topological polar surface area (TPSA) is 65.0 Å². The highest BCUT2D eigenvalue weighted by molar-refractivity contribution is 7.25. The molecule has 0 spiro atoms. The Kier molecular flexibility index (Phi) is 5.09. The minimum atomic E-state index is 0.607. The first-order valence-corrected chi connectivity index (χ1v) is 15.6. The molecule has 210 valence electrons. The van der Waals surface area contributed by atoms with E-state index in [1.807, 2.05) is 60.7 Å². The Balaban J connectivity index is 1.20. The molecule has 0 atom stereocenters. The summed E-state index contributed by atoms with van der Waals surface area (Å²) in [5, 5.41) is 6.70. The van der Waals surface area contributed by atoms with Crippen LogP contribution < -0.4 is 0 Å². The van der Waals surface area contributed by atoms with E-state index in [1.165, 1.54) is 20.2 Å². The first-order chi connectivity index (χ1) is 22.2. The summed E-state index contributed by atoms with van der Waals surface area (Å²) in [7, 11) is 0. The van der Waals surface area contributed by atoms with E-state index in [1.54, 1.807) is 11.3 Å². The number of hydrogen-bond donors (Lipinski definition) is 0. The summed E-state index contributed by atoms with van der Waals surface area (Å²) < 4.78 is 14.7. The third-order valence-electron chi connectivity index (χ3n) is 8.54. The van der Waals surface area contributed by atoms with Crippen LogP contribution >= 0.6 is 11.3 Å². The average Bonchev–Trinajstić information content (AvgIpc) is 3.78. The normalized spacial score (nSPS) is 12.0. The third-order valence-corrected chi connectivity index (χ3v) is 9.68. The van der Waals surface area contributed by atoms with Gasteiger partial charge in [-0.1, -0.05) is 66.7 Å². The van der Waals surface area contributed by atoms with Crippen molar-refractivity contribution in [2.24, 2.45) is 0 Å². The van der Waals surface area contributed by atoms with Gasteiger partial charge in [0, 0.05) is 58.4 Å². The molecule has 4 heterocycles. The number of furan rings is 2. The number of nitrogens with zero attached hydrogens (tertiary/aromatic N) is 3. The second-order valence-electron chi connectivity index (χ2n) is 11.2. The molecule has 0 saturated heterocycles. The van der Waals surface area contributed by atoms with E-state index in [-0.39, 0.29) is 0 Å². The van der Waals surface area contributed by atoms with Gasteiger partial charge in [0.25, 0.3) is 0 Å². The van der Waals surface area contributed by atoms with Gasteiger partial charge in [0.15, 0.2) is 17.5 Å². The monoisotopic (exact) mass is 595 g/mol. The quantitative estimate of drug-likeness (QED) is 0.203. The molecule has 0 unspecified atom stereocenters. The van der Waals surface area contributed by atoms with Crippen LogP contribution in [0.2, 0.25) is 0 Å². The summed E-state index contributed by atoms with van der Waals surface area (Å²) in [6, 6.07) is 43.5. The van der Waals surface area contributed by atoms with Crippen LogP contribution in [0.5, 0.6) is 0 Å². The molecule has 4 aromatic heterocycles. The summed E-state index contributed by atoms with van der Waals surface area (Å²) in [6.45, 7) is 0. The molecule has 0 aliphatic heterocycles. The van der Waals surface area contributed by atoms with Crippen molar-refractivity contribution in [3.63, 3.8) is 0 Å². The summed E-state index contributed by atoms with van der Waals surface area (Å²) >= 11 is 1.79. The number of benzene rings is 6. The molecular formula is C39H21N3O2S. The van der Waals surface area contributed by atoms with Crippen LogP contribution in [0.15, 0.2) is 136 Å². The average molecular weight is 596 g/mol. The van der Waals surface area contributed by atoms with Crippen molar-refractivity contribution in [3.05, 3.63) is 127 Å². The van der Waals surface area contributed by atoms with Crippen LogP contribution in [-0.4, -0.2) is 15.0 Å². The largest absolute Gasteiger partial charge is 0.456 e. The molecule has 6 aromatic carbocycles. The summed E-state index contributed by atoms with van der Waals surface area (Å²) in [6.07, 6.45) is 0. The van der Waals surface area contributed by atoms with Gasteiger partial charge in [-0.15, -0.1) is 11.3 Å². The van der Waals surface area contributed by atoms with Gasteiger partial charge in [-0.3, -0.25) is 0 Å². The molecule has 0 amide bonds. The maximum absolute atomic E-state index is 6.10. The molecular weight excluding hydrogens is 575 g/mol. The molecule has 45 heavy (non-hydrogen) atoms. The standard InChI is InChI=1S/C39H21N3O2S/c1-4-10-31-25(7-1)29-19-22(14-17-33(29)43-31)37-40-38(23-15-18-34-30(20-23)26-8-2-5-11-32(26)44-34)42-39(41-37)24-13-16-28-27-9-3-6-12-35(27)45-36(28)21-24/h1-21H. The lowest BCUT2D eigenvalue weighted by Gasteiger charge is -2.09. The van der Waals surface area contributed by atoms with Gasteiger partial charge in [-0.25, -0.2) is 15.0 Å². The number of rotatable bonds is 3. The smallest absolute Gasteiger partial charge is 0.164 e. The number of hydrogen-bond acceptors (Lipinski definition) is 6. The van der Waals surface area contributed by atoms with Crippen molar-refractivity contribution in [1.82, 2.24) is 15.0 Å². The second kappa shape index (κ2) is 9.32. The molecule has 0 saturated carbocycles. The fourth-order valence-electron chi connectivity index (χ4n) is 6.36. The Labute approximate surface area is 260 Å². The van der Waals surface area contributed by atoms with Crippen LogP contribution in [0, 0.1) is 0 Å². The lowest BCUT2D eigenvalue weighted by atomic mass is 10.1. The molecule has 10 rings (SSSR count). The number of aromatic nitrogens is 3. The predicted octanol–water partition coefficient (Wildman–Crippen LogP) is 11.0. The fraction of sp³-hybridized carbons (Fsp3) is 0. The SMILES string of the molecule is c1ccc2c(c1)oc1ccc(-c3nc(-c4ccc5c(c4)sc4ccccc45)nc(-c4ccc5oc6ccccc6c5c4)n3)cc12. The Hall–Kier alpha value is -5.85. The van der Waals surface area contributed by atoms with Crippen LogP contribution in [0.4, 0.5) is 0 Å². The molecule has 10 aromatic rings. The molecule has 0 N–H and O–H groups in total. The van der Waals surface area contributed by atoms with Crippen LogP contribution in [0.1, 0.15) is 0 Å². The number of fused-ring (bicyclic) bond motifs is 9. The minimum Gasteiger partial charge on any atom is -0.456 e. The predicted molar refractivity (Wildman–Crippen MR) is 184 cm³/mol. The maximum atomic E-state index is 6.10. The number of thiophene rings is 1. The summed E-state index contributed by atoms with van der Waals surface area (Å²) in [4.78, 5) is 15.2. The lowest BCUT2D eigenvalue weighted by molar-refractivity contribution is 0.668. The fourth-order valence-corrected chi connectivity index (χ4v) is 7.50. The zero-order chi connectivity index (χ0) is 29.5. The third kappa shape index (κ3) is 3.83. The van der Waals surface area contributed by atoms with Crippen LogP contribution in [0.25, 0.3) is 98.2 Å². The van der Waals surface area contributed by atoms with Crippen LogP contribution in [0.3, 0.4) is 0 Å². The van der Waals surface area contributed by atoms with E-state index in [0.29, 0.717) is 17.5 Å². The second-order valence-corrected chi connectivity index (χ2v) is 12.3. The van der Waals surface area contributed by atoms with E-state index in [2.05, 4.69) is 66.7 Å². The van der Waals surface area contributed by atoms with Gasteiger partial charge in [0.1, 0.15) is 22.3 Å². The minimum absolute atomic E-state index is 0.607. The van der Waals surface area contributed by atoms with E-state index in [4.69, 9.17) is 23.8 Å². The van der Waals surface area contributed by atoms with Crippen molar-refractivity contribution in [3.8, 4) is 34.2 Å². The molecule has 0 aliphatic carbocycles. The number of para-hydroxylation sites is 2. The van der Waals surface area contributed by atoms with Crippen molar-refractivity contribution in [2.75, 3.05) is 0 Å². The molecule has 0 bridgehead atoms. The van der Waals surface area contributed by atoms with Gasteiger partial charge in [-0.05, 0) is 60.7 Å². The van der Waals surface area contributed by atoms with Gasteiger partial charge in [-0.2, -0.15) is 0 Å². The van der Waals surface area contributed by atoms with E-state index >= 15 is 0 Å². The molecule has 0 fully saturated rings. The Morgan fingerprint density at radius 2 is 0.800 bits per heavy atom. The summed E-state index contributed by atoms with van der Waals surface area (Å²) in [5.74, 6) is 1.84. The van der Waals surface area contributed by atoms with Gasteiger partial charge in [0.05, 0.1) is 0 Å². The van der Waals surface area contributed by atoms with Crippen LogP contribution in [-0.2, 0) is 0 Å². The van der Waals surface area contributed by atoms with Gasteiger partial charge < -0.3 is 8.83 Å². The molecule has 6 heteroatoms. The van der Waals surface area contributed by atoms with Crippen molar-refractivity contribution in [2.45, 2.75) is 0 Å². The Bertz CT molecular complexity index is 2660. The lowest BCUT2D eigenvalue weighted by Crippen LogP contribution is -2.00. The zero-order valence-electron chi connectivity index (χ0n) is 23.7. The Morgan fingerprint density at radius 3 is 1.40 bits per heavy atom. The Morgan fingerprint density at radius 1 is 0.356 bits per heavy atom.